The number of pyridine rings is 1. The van der Waals surface area contributed by atoms with E-state index >= 15 is 0 Å². The minimum Gasteiger partial charge on any atom is -0.378 e. The largest absolute Gasteiger partial charge is 0.378 e. The van der Waals surface area contributed by atoms with Crippen LogP contribution in [-0.2, 0) is 11.3 Å². The van der Waals surface area contributed by atoms with Crippen molar-refractivity contribution in [2.45, 2.75) is 33.7 Å². The monoisotopic (exact) mass is 342 g/mol. The number of carbonyl (C=O) groups excluding carboxylic acids is 1. The lowest BCUT2D eigenvalue weighted by Gasteiger charge is -2.28. The van der Waals surface area contributed by atoms with Gasteiger partial charge < -0.3 is 14.2 Å². The molecule has 0 unspecified atom stereocenters. The zero-order valence-corrected chi connectivity index (χ0v) is 15.2. The Morgan fingerprint density at radius 1 is 1.20 bits per heavy atom. The lowest BCUT2D eigenvalue weighted by Crippen LogP contribution is -2.43. The van der Waals surface area contributed by atoms with Crippen LogP contribution >= 0.6 is 0 Å². The number of hydrogen-bond acceptors (Lipinski definition) is 3. The minimum absolute atomic E-state index is 0.0709. The third kappa shape index (κ3) is 3.76. The number of nitrogens with zero attached hydrogens (tertiary/aromatic N) is 2. The fourth-order valence-corrected chi connectivity index (χ4v) is 3.18. The van der Waals surface area contributed by atoms with Crippen LogP contribution in [0.15, 0.2) is 29.1 Å². The molecule has 0 saturated carbocycles. The molecule has 0 spiro atoms. The van der Waals surface area contributed by atoms with Crippen LogP contribution in [0.25, 0.3) is 10.8 Å². The summed E-state index contributed by atoms with van der Waals surface area (Å²) >= 11 is 0. The number of fused-ring (bicyclic) bond motifs is 1. The molecule has 1 aliphatic rings. The molecule has 1 saturated heterocycles. The first-order valence-electron chi connectivity index (χ1n) is 8.98. The normalized spacial score (nSPS) is 15.1. The molecule has 2 aromatic rings. The zero-order chi connectivity index (χ0) is 18.0. The first kappa shape index (κ1) is 17.7. The fourth-order valence-electron chi connectivity index (χ4n) is 3.18. The smallest absolute Gasteiger partial charge is 0.270 e. The van der Waals surface area contributed by atoms with Gasteiger partial charge in [-0.05, 0) is 36.8 Å². The molecular formula is C20H26N2O3. The molecule has 1 fully saturated rings. The van der Waals surface area contributed by atoms with Crippen molar-refractivity contribution in [3.63, 3.8) is 0 Å². The van der Waals surface area contributed by atoms with Gasteiger partial charge in [0.25, 0.3) is 11.5 Å². The molecule has 0 bridgehead atoms. The molecule has 134 valence electrons. The van der Waals surface area contributed by atoms with Crippen molar-refractivity contribution in [2.24, 2.45) is 5.92 Å². The SMILES string of the molecule is Cc1ccc2cc(C(=O)N3CCOCC3)n(CCC(C)C)c(=O)c2c1. The zero-order valence-electron chi connectivity index (χ0n) is 15.2. The average Bonchev–Trinajstić information content (AvgIpc) is 2.61. The number of amides is 1. The topological polar surface area (TPSA) is 51.5 Å². The van der Waals surface area contributed by atoms with Crippen LogP contribution < -0.4 is 5.56 Å². The van der Waals surface area contributed by atoms with Gasteiger partial charge in [0.1, 0.15) is 5.69 Å². The Balaban J connectivity index is 2.10. The Bertz CT molecular complexity index is 833. The predicted octanol–water partition coefficient (Wildman–Crippen LogP) is 2.83. The van der Waals surface area contributed by atoms with E-state index in [2.05, 4.69) is 13.8 Å². The van der Waals surface area contributed by atoms with E-state index in [-0.39, 0.29) is 11.5 Å². The summed E-state index contributed by atoms with van der Waals surface area (Å²) in [5, 5.41) is 1.51. The third-order valence-corrected chi connectivity index (χ3v) is 4.71. The van der Waals surface area contributed by atoms with E-state index in [1.165, 1.54) is 0 Å². The minimum atomic E-state index is -0.0772. The number of rotatable bonds is 4. The van der Waals surface area contributed by atoms with Crippen LogP contribution in [0, 0.1) is 12.8 Å². The van der Waals surface area contributed by atoms with Crippen molar-refractivity contribution in [3.05, 3.63) is 45.9 Å². The van der Waals surface area contributed by atoms with Crippen LogP contribution in [0.3, 0.4) is 0 Å². The predicted molar refractivity (Wildman–Crippen MR) is 99.1 cm³/mol. The molecule has 0 radical (unpaired) electrons. The lowest BCUT2D eigenvalue weighted by atomic mass is 10.1. The lowest BCUT2D eigenvalue weighted by molar-refractivity contribution is 0.0295. The molecule has 1 aromatic carbocycles. The van der Waals surface area contributed by atoms with Gasteiger partial charge in [-0.3, -0.25) is 9.59 Å². The highest BCUT2D eigenvalue weighted by Crippen LogP contribution is 2.17. The molecule has 5 heteroatoms. The van der Waals surface area contributed by atoms with Crippen molar-refractivity contribution >= 4 is 16.7 Å². The van der Waals surface area contributed by atoms with Gasteiger partial charge in [0.2, 0.25) is 0 Å². The summed E-state index contributed by atoms with van der Waals surface area (Å²) in [6, 6.07) is 7.68. The first-order chi connectivity index (χ1) is 12.0. The maximum atomic E-state index is 13.1. The summed E-state index contributed by atoms with van der Waals surface area (Å²) < 4.78 is 7.01. The summed E-state index contributed by atoms with van der Waals surface area (Å²) in [4.78, 5) is 27.9. The molecule has 1 aliphatic heterocycles. The molecule has 3 rings (SSSR count). The van der Waals surface area contributed by atoms with Gasteiger partial charge in [0.15, 0.2) is 0 Å². The number of aryl methyl sites for hydroxylation is 1. The van der Waals surface area contributed by atoms with Crippen molar-refractivity contribution in [2.75, 3.05) is 26.3 Å². The van der Waals surface area contributed by atoms with Gasteiger partial charge in [-0.2, -0.15) is 0 Å². The quantitative estimate of drug-likeness (QED) is 0.858. The van der Waals surface area contributed by atoms with E-state index in [1.54, 1.807) is 9.47 Å². The van der Waals surface area contributed by atoms with Gasteiger partial charge in [0.05, 0.1) is 13.2 Å². The Labute approximate surface area is 148 Å². The highest BCUT2D eigenvalue weighted by atomic mass is 16.5. The molecule has 5 nitrogen and oxygen atoms in total. The number of hydrogen-bond donors (Lipinski definition) is 0. The highest BCUT2D eigenvalue weighted by molar-refractivity contribution is 5.97. The van der Waals surface area contributed by atoms with Crippen molar-refractivity contribution in [1.29, 1.82) is 0 Å². The van der Waals surface area contributed by atoms with Crippen molar-refractivity contribution in [1.82, 2.24) is 9.47 Å². The summed E-state index contributed by atoms with van der Waals surface area (Å²) in [7, 11) is 0. The fraction of sp³-hybridized carbons (Fsp3) is 0.500. The molecular weight excluding hydrogens is 316 g/mol. The second kappa shape index (κ2) is 7.40. The molecule has 1 amide bonds. The standard InChI is InChI=1S/C20H26N2O3/c1-14(2)6-7-22-18(20(24)21-8-10-25-11-9-21)13-16-5-4-15(3)12-17(16)19(22)23/h4-5,12-14H,6-11H2,1-3H3. The Morgan fingerprint density at radius 3 is 2.60 bits per heavy atom. The van der Waals surface area contributed by atoms with Crippen LogP contribution in [0.1, 0.15) is 36.3 Å². The number of morpholine rings is 1. The van der Waals surface area contributed by atoms with Gasteiger partial charge in [-0.1, -0.05) is 31.5 Å². The van der Waals surface area contributed by atoms with E-state index in [1.807, 2.05) is 31.2 Å². The average molecular weight is 342 g/mol. The van der Waals surface area contributed by atoms with Crippen molar-refractivity contribution in [3.8, 4) is 0 Å². The summed E-state index contributed by atoms with van der Waals surface area (Å²) in [5.41, 5.74) is 1.47. The Hall–Kier alpha value is -2.14. The van der Waals surface area contributed by atoms with Crippen LogP contribution in [0.4, 0.5) is 0 Å². The molecule has 1 aromatic heterocycles. The van der Waals surface area contributed by atoms with E-state index in [9.17, 15) is 9.59 Å². The summed E-state index contributed by atoms with van der Waals surface area (Å²) in [6.45, 7) is 9.03. The number of carbonyl (C=O) groups is 1. The van der Waals surface area contributed by atoms with E-state index in [0.29, 0.717) is 49.8 Å². The van der Waals surface area contributed by atoms with Crippen LogP contribution in [0.5, 0.6) is 0 Å². The number of benzene rings is 1. The molecule has 2 heterocycles. The number of aromatic nitrogens is 1. The Morgan fingerprint density at radius 2 is 1.92 bits per heavy atom. The molecule has 0 atom stereocenters. The second-order valence-corrected chi connectivity index (χ2v) is 7.16. The maximum Gasteiger partial charge on any atom is 0.270 e. The van der Waals surface area contributed by atoms with Crippen molar-refractivity contribution < 1.29 is 9.53 Å². The van der Waals surface area contributed by atoms with Gasteiger partial charge in [0, 0.05) is 25.0 Å². The van der Waals surface area contributed by atoms with E-state index in [4.69, 9.17) is 4.74 Å². The van der Waals surface area contributed by atoms with E-state index in [0.717, 1.165) is 17.4 Å². The summed E-state index contributed by atoms with van der Waals surface area (Å²) in [5.74, 6) is 0.387. The van der Waals surface area contributed by atoms with Crippen LogP contribution in [0.2, 0.25) is 0 Å². The van der Waals surface area contributed by atoms with Gasteiger partial charge >= 0.3 is 0 Å². The first-order valence-corrected chi connectivity index (χ1v) is 8.98. The van der Waals surface area contributed by atoms with Gasteiger partial charge in [-0.15, -0.1) is 0 Å². The second-order valence-electron chi connectivity index (χ2n) is 7.16. The van der Waals surface area contributed by atoms with Gasteiger partial charge in [-0.25, -0.2) is 0 Å². The summed E-state index contributed by atoms with van der Waals surface area (Å²) in [6.07, 6.45) is 0.862. The highest BCUT2D eigenvalue weighted by Gasteiger charge is 2.23. The molecule has 25 heavy (non-hydrogen) atoms. The molecule has 0 N–H and O–H groups in total. The van der Waals surface area contributed by atoms with E-state index < -0.39 is 0 Å². The molecule has 0 aliphatic carbocycles. The Kier molecular flexibility index (Phi) is 5.23. The maximum absolute atomic E-state index is 13.1. The van der Waals surface area contributed by atoms with Crippen LogP contribution in [-0.4, -0.2) is 41.7 Å². The number of ether oxygens (including phenoxy) is 1. The third-order valence-electron chi connectivity index (χ3n) is 4.71.